The summed E-state index contributed by atoms with van der Waals surface area (Å²) in [5, 5.41) is 13.4. The second-order valence-corrected chi connectivity index (χ2v) is 8.58. The van der Waals surface area contributed by atoms with Gasteiger partial charge in [0.05, 0.1) is 12.2 Å². The molecule has 0 aromatic carbocycles. The number of carboxylic acid groups (broad SMARTS) is 1. The molecular weight excluding hydrogens is 366 g/mol. The summed E-state index contributed by atoms with van der Waals surface area (Å²) in [6.45, 7) is 7.18. The Bertz CT molecular complexity index is 735. The van der Waals surface area contributed by atoms with Gasteiger partial charge in [0.1, 0.15) is 6.61 Å². The van der Waals surface area contributed by atoms with Gasteiger partial charge in [-0.05, 0) is 67.3 Å². The maximum atomic E-state index is 11.2. The molecule has 1 fully saturated rings. The van der Waals surface area contributed by atoms with Crippen molar-refractivity contribution in [1.82, 2.24) is 4.90 Å². The molecule has 0 amide bonds. The highest BCUT2D eigenvalue weighted by molar-refractivity contribution is 7.14. The first-order valence-electron chi connectivity index (χ1n) is 8.92. The molecule has 3 rings (SSSR count). The van der Waals surface area contributed by atoms with E-state index in [2.05, 4.69) is 41.6 Å². The first-order chi connectivity index (χ1) is 12.6. The first kappa shape index (κ1) is 19.1. The molecule has 1 aliphatic rings. The summed E-state index contributed by atoms with van der Waals surface area (Å²) in [6.07, 6.45) is 3.61. The van der Waals surface area contributed by atoms with Gasteiger partial charge in [-0.3, -0.25) is 9.69 Å². The van der Waals surface area contributed by atoms with E-state index in [1.807, 2.05) is 6.26 Å². The van der Waals surface area contributed by atoms with Crippen molar-refractivity contribution in [2.75, 3.05) is 26.2 Å². The van der Waals surface area contributed by atoms with Crippen LogP contribution in [0.1, 0.15) is 33.7 Å². The summed E-state index contributed by atoms with van der Waals surface area (Å²) in [4.78, 5) is 15.9. The lowest BCUT2D eigenvalue weighted by atomic mass is 9.98. The summed E-state index contributed by atoms with van der Waals surface area (Å²) >= 11 is 3.47. The lowest BCUT2D eigenvalue weighted by Gasteiger charge is -2.30. The standard InChI is InChI=1S/C20H25NO3S2/c1-14-5-10-25-18(14)17(19-15(2)6-11-26-19)13-24-9-8-21-7-3-4-16(12-21)20(22)23/h5-6,10-11,13,16H,3-4,7-9,12H2,1-2H3,(H,22,23). The summed E-state index contributed by atoms with van der Waals surface area (Å²) in [5.74, 6) is -0.920. The minimum atomic E-state index is -0.681. The maximum Gasteiger partial charge on any atom is 0.307 e. The van der Waals surface area contributed by atoms with Crippen LogP contribution in [0, 0.1) is 19.8 Å². The third-order valence-corrected chi connectivity index (χ3v) is 6.89. The largest absolute Gasteiger partial charge is 0.499 e. The van der Waals surface area contributed by atoms with Gasteiger partial charge in [-0.15, -0.1) is 22.7 Å². The molecule has 0 bridgehead atoms. The Morgan fingerprint density at radius 3 is 2.46 bits per heavy atom. The number of hydrogen-bond donors (Lipinski definition) is 1. The van der Waals surface area contributed by atoms with Crippen LogP contribution < -0.4 is 0 Å². The Morgan fingerprint density at radius 2 is 1.92 bits per heavy atom. The monoisotopic (exact) mass is 391 g/mol. The van der Waals surface area contributed by atoms with Crippen LogP contribution in [0.15, 0.2) is 29.2 Å². The molecule has 0 saturated carbocycles. The minimum Gasteiger partial charge on any atom is -0.499 e. The average molecular weight is 392 g/mol. The second kappa shape index (κ2) is 8.84. The fourth-order valence-electron chi connectivity index (χ4n) is 3.29. The molecular formula is C20H25NO3S2. The molecule has 26 heavy (non-hydrogen) atoms. The topological polar surface area (TPSA) is 49.8 Å². The van der Waals surface area contributed by atoms with Gasteiger partial charge in [-0.25, -0.2) is 0 Å². The van der Waals surface area contributed by atoms with Crippen molar-refractivity contribution < 1.29 is 14.6 Å². The van der Waals surface area contributed by atoms with Gasteiger partial charge in [0.2, 0.25) is 0 Å². The zero-order chi connectivity index (χ0) is 18.5. The molecule has 3 heterocycles. The molecule has 1 saturated heterocycles. The molecule has 1 N–H and O–H groups in total. The van der Waals surface area contributed by atoms with Crippen LogP contribution in [0.3, 0.4) is 0 Å². The molecule has 0 aliphatic carbocycles. The van der Waals surface area contributed by atoms with Crippen LogP contribution in [0.2, 0.25) is 0 Å². The second-order valence-electron chi connectivity index (χ2n) is 6.75. The highest BCUT2D eigenvalue weighted by Crippen LogP contribution is 2.35. The van der Waals surface area contributed by atoms with Crippen LogP contribution in [0.25, 0.3) is 5.57 Å². The smallest absolute Gasteiger partial charge is 0.307 e. The highest BCUT2D eigenvalue weighted by atomic mass is 32.1. The van der Waals surface area contributed by atoms with Crippen LogP contribution >= 0.6 is 22.7 Å². The van der Waals surface area contributed by atoms with E-state index in [9.17, 15) is 9.90 Å². The highest BCUT2D eigenvalue weighted by Gasteiger charge is 2.25. The third kappa shape index (κ3) is 4.55. The number of aryl methyl sites for hydroxylation is 2. The number of likely N-dealkylation sites (tertiary alicyclic amines) is 1. The van der Waals surface area contributed by atoms with E-state index in [1.54, 1.807) is 22.7 Å². The number of carbonyl (C=O) groups is 1. The molecule has 1 atom stereocenters. The van der Waals surface area contributed by atoms with Crippen molar-refractivity contribution in [2.45, 2.75) is 26.7 Å². The number of ether oxygens (including phenoxy) is 1. The van der Waals surface area contributed by atoms with Crippen LogP contribution in [-0.2, 0) is 9.53 Å². The lowest BCUT2D eigenvalue weighted by Crippen LogP contribution is -2.40. The number of thiophene rings is 2. The van der Waals surface area contributed by atoms with Crippen molar-refractivity contribution in [2.24, 2.45) is 5.92 Å². The van der Waals surface area contributed by atoms with Crippen LogP contribution in [-0.4, -0.2) is 42.2 Å². The fraction of sp³-hybridized carbons (Fsp3) is 0.450. The van der Waals surface area contributed by atoms with Crippen molar-refractivity contribution in [1.29, 1.82) is 0 Å². The average Bonchev–Trinajstić information content (AvgIpc) is 3.24. The minimum absolute atomic E-state index is 0.239. The quantitative estimate of drug-likeness (QED) is 0.552. The van der Waals surface area contributed by atoms with Gasteiger partial charge in [0, 0.05) is 28.4 Å². The van der Waals surface area contributed by atoms with Gasteiger partial charge < -0.3 is 9.84 Å². The number of rotatable bonds is 7. The number of aliphatic carboxylic acids is 1. The Morgan fingerprint density at radius 1 is 1.27 bits per heavy atom. The molecule has 0 spiro atoms. The molecule has 6 heteroatoms. The Kier molecular flexibility index (Phi) is 6.51. The lowest BCUT2D eigenvalue weighted by molar-refractivity contribution is -0.143. The van der Waals surface area contributed by atoms with E-state index in [1.165, 1.54) is 20.9 Å². The van der Waals surface area contributed by atoms with E-state index in [0.717, 1.165) is 31.5 Å². The van der Waals surface area contributed by atoms with Gasteiger partial charge in [-0.2, -0.15) is 0 Å². The van der Waals surface area contributed by atoms with Crippen molar-refractivity contribution in [3.05, 3.63) is 50.0 Å². The van der Waals surface area contributed by atoms with Gasteiger partial charge in [-0.1, -0.05) is 0 Å². The van der Waals surface area contributed by atoms with Gasteiger partial charge in [0.15, 0.2) is 0 Å². The van der Waals surface area contributed by atoms with Gasteiger partial charge in [0.25, 0.3) is 0 Å². The predicted octanol–water partition coefficient (Wildman–Crippen LogP) is 4.63. The summed E-state index contributed by atoms with van der Waals surface area (Å²) < 4.78 is 5.91. The number of carboxylic acids is 1. The number of hydrogen-bond acceptors (Lipinski definition) is 5. The Hall–Kier alpha value is -1.63. The van der Waals surface area contributed by atoms with E-state index in [4.69, 9.17) is 4.74 Å². The van der Waals surface area contributed by atoms with E-state index in [0.29, 0.717) is 13.2 Å². The SMILES string of the molecule is Cc1ccsc1C(=COCCN1CCCC(C(=O)O)C1)c1sccc1C. The molecule has 4 nitrogen and oxygen atoms in total. The van der Waals surface area contributed by atoms with Crippen molar-refractivity contribution >= 4 is 34.2 Å². The zero-order valence-corrected chi connectivity index (χ0v) is 16.9. The summed E-state index contributed by atoms with van der Waals surface area (Å²) in [7, 11) is 0. The third-order valence-electron chi connectivity index (χ3n) is 4.79. The van der Waals surface area contributed by atoms with E-state index in [-0.39, 0.29) is 5.92 Å². The molecule has 2 aromatic heterocycles. The van der Waals surface area contributed by atoms with Crippen molar-refractivity contribution in [3.8, 4) is 0 Å². The van der Waals surface area contributed by atoms with Crippen LogP contribution in [0.5, 0.6) is 0 Å². The first-order valence-corrected chi connectivity index (χ1v) is 10.7. The number of piperidine rings is 1. The molecule has 0 radical (unpaired) electrons. The van der Waals surface area contributed by atoms with E-state index >= 15 is 0 Å². The molecule has 1 unspecified atom stereocenters. The molecule has 2 aromatic rings. The number of nitrogens with zero attached hydrogens (tertiary/aromatic N) is 1. The maximum absolute atomic E-state index is 11.2. The normalized spacial score (nSPS) is 17.8. The van der Waals surface area contributed by atoms with E-state index < -0.39 is 5.97 Å². The fourth-order valence-corrected chi connectivity index (χ4v) is 5.23. The van der Waals surface area contributed by atoms with Gasteiger partial charge >= 0.3 is 5.97 Å². The Balaban J connectivity index is 1.64. The van der Waals surface area contributed by atoms with Crippen molar-refractivity contribution in [3.63, 3.8) is 0 Å². The molecule has 1 aliphatic heterocycles. The molecule has 140 valence electrons. The predicted molar refractivity (Wildman–Crippen MR) is 108 cm³/mol. The summed E-state index contributed by atoms with van der Waals surface area (Å²) in [5.41, 5.74) is 3.67. The Labute approximate surface area is 162 Å². The zero-order valence-electron chi connectivity index (χ0n) is 15.2. The summed E-state index contributed by atoms with van der Waals surface area (Å²) in [6, 6.07) is 4.27. The van der Waals surface area contributed by atoms with Crippen LogP contribution in [0.4, 0.5) is 0 Å².